The number of nitrogens with zero attached hydrogens (tertiary/aromatic N) is 2. The number of benzene rings is 2. The molecule has 12 heteroatoms. The number of fused-ring (bicyclic) bond motifs is 1. The largest absolute Gasteiger partial charge is 0.483 e. The fourth-order valence-corrected chi connectivity index (χ4v) is 13.3. The van der Waals surface area contributed by atoms with E-state index in [2.05, 4.69) is 4.90 Å². The number of piperidine rings is 1. The molecule has 5 atom stereocenters. The van der Waals surface area contributed by atoms with Gasteiger partial charge in [-0.2, -0.15) is 0 Å². The van der Waals surface area contributed by atoms with Crippen LogP contribution in [0.5, 0.6) is 11.5 Å². The number of likely N-dealkylation sites (tertiary alicyclic amines) is 1. The molecule has 0 radical (unpaired) electrons. The molecule has 3 fully saturated rings. The molecule has 6 aliphatic rings. The molecule has 10 nitrogen and oxygen atoms in total. The van der Waals surface area contributed by atoms with Crippen molar-refractivity contribution < 1.29 is 36.2 Å². The Kier molecular flexibility index (Phi) is 5.22. The van der Waals surface area contributed by atoms with Crippen molar-refractivity contribution in [2.24, 2.45) is 5.92 Å². The van der Waals surface area contributed by atoms with Gasteiger partial charge in [0.1, 0.15) is 15.9 Å². The number of ether oxygens (including phenoxy) is 3. The molecule has 0 unspecified atom stereocenters. The maximum Gasteiger partial charge on any atom is 0.258 e. The van der Waals surface area contributed by atoms with E-state index in [9.17, 15) is 21.9 Å². The third-order valence-electron chi connectivity index (χ3n) is 10.2. The Hall–Kier alpha value is -2.22. The molecule has 1 saturated heterocycles. The number of hydrogen-bond acceptors (Lipinski definition) is 9. The average molecular weight is 589 g/mol. The fourth-order valence-electron chi connectivity index (χ4n) is 8.45. The Morgan fingerprint density at radius 2 is 1.75 bits per heavy atom. The van der Waals surface area contributed by atoms with Crippen LogP contribution in [0.25, 0.3) is 0 Å². The minimum Gasteiger partial charge on any atom is -0.483 e. The van der Waals surface area contributed by atoms with Crippen molar-refractivity contribution in [3.05, 3.63) is 47.5 Å². The quantitative estimate of drug-likeness (QED) is 0.505. The van der Waals surface area contributed by atoms with E-state index in [0.29, 0.717) is 34.0 Å². The standard InChI is InChI=1S/C28H32N2O8S2/c1-36-16-37-20-9-8-18-14-23-28(31)11-10-19(30-39(32,33)21-4-2-3-5-22(21)40(30,34)35)26-27(28,24(18)25(20)38-26)12-13-29(23)15-17-6-7-17/h2-5,8-9,17,19,23,26,31H,6-7,10-16H2,1H3/t19-,23-,26+,27+,28-/m1/s1. The second-order valence-corrected chi connectivity index (χ2v) is 15.9. The summed E-state index contributed by atoms with van der Waals surface area (Å²) in [6.07, 6.45) is 3.09. The summed E-state index contributed by atoms with van der Waals surface area (Å²) in [5.74, 6) is 1.55. The molecule has 2 aromatic carbocycles. The molecule has 2 bridgehead atoms. The maximum absolute atomic E-state index is 13.8. The van der Waals surface area contributed by atoms with E-state index in [0.717, 1.165) is 24.2 Å². The lowest BCUT2D eigenvalue weighted by Gasteiger charge is -2.64. The Morgan fingerprint density at radius 3 is 2.42 bits per heavy atom. The summed E-state index contributed by atoms with van der Waals surface area (Å²) < 4.78 is 73.7. The van der Waals surface area contributed by atoms with Crippen LogP contribution in [0, 0.1) is 5.92 Å². The number of methoxy groups -OCH3 is 1. The second-order valence-electron chi connectivity index (χ2n) is 12.1. The van der Waals surface area contributed by atoms with Crippen molar-refractivity contribution in [1.82, 2.24) is 8.61 Å². The van der Waals surface area contributed by atoms with Crippen LogP contribution in [0.1, 0.15) is 43.2 Å². The zero-order valence-corrected chi connectivity index (χ0v) is 23.8. The van der Waals surface area contributed by atoms with E-state index in [-0.39, 0.29) is 35.5 Å². The molecular formula is C28H32N2O8S2. The monoisotopic (exact) mass is 588 g/mol. The third-order valence-corrected chi connectivity index (χ3v) is 14.8. The van der Waals surface area contributed by atoms with Crippen molar-refractivity contribution in [2.45, 2.75) is 77.5 Å². The van der Waals surface area contributed by atoms with Gasteiger partial charge < -0.3 is 19.3 Å². The summed E-state index contributed by atoms with van der Waals surface area (Å²) in [4.78, 5) is 1.99. The van der Waals surface area contributed by atoms with Crippen LogP contribution in [0.2, 0.25) is 0 Å². The summed E-state index contributed by atoms with van der Waals surface area (Å²) in [5, 5.41) is 12.8. The predicted molar refractivity (Wildman–Crippen MR) is 142 cm³/mol. The zero-order valence-electron chi connectivity index (χ0n) is 22.2. The first-order chi connectivity index (χ1) is 19.1. The van der Waals surface area contributed by atoms with Crippen molar-refractivity contribution in [1.29, 1.82) is 0 Å². The van der Waals surface area contributed by atoms with E-state index < -0.39 is 43.2 Å². The van der Waals surface area contributed by atoms with Gasteiger partial charge in [0.05, 0.1) is 17.1 Å². The molecule has 1 N–H and O–H groups in total. The minimum absolute atomic E-state index is 0.0114. The molecule has 3 aliphatic carbocycles. The first kappa shape index (κ1) is 25.5. The van der Waals surface area contributed by atoms with Gasteiger partial charge in [-0.25, -0.2) is 16.8 Å². The lowest BCUT2D eigenvalue weighted by atomic mass is 9.48. The third kappa shape index (κ3) is 3.02. The highest BCUT2D eigenvalue weighted by molar-refractivity contribution is 8.06. The molecule has 3 aliphatic heterocycles. The van der Waals surface area contributed by atoms with Crippen LogP contribution in [0.4, 0.5) is 0 Å². The molecule has 0 aromatic heterocycles. The lowest BCUT2D eigenvalue weighted by Crippen LogP contribution is -2.78. The van der Waals surface area contributed by atoms with Gasteiger partial charge in [0.25, 0.3) is 20.0 Å². The van der Waals surface area contributed by atoms with Crippen molar-refractivity contribution >= 4 is 20.0 Å². The van der Waals surface area contributed by atoms with E-state index in [1.807, 2.05) is 12.1 Å². The zero-order chi connectivity index (χ0) is 27.7. The number of rotatable bonds is 6. The van der Waals surface area contributed by atoms with Crippen molar-refractivity contribution in [3.63, 3.8) is 0 Å². The average Bonchev–Trinajstić information content (AvgIpc) is 3.64. The number of sulfonamides is 2. The van der Waals surface area contributed by atoms with E-state index in [1.165, 1.54) is 44.2 Å². The molecule has 214 valence electrons. The Morgan fingerprint density at radius 1 is 1.02 bits per heavy atom. The molecule has 40 heavy (non-hydrogen) atoms. The predicted octanol–water partition coefficient (Wildman–Crippen LogP) is 2.00. The van der Waals surface area contributed by atoms with Crippen LogP contribution in [-0.2, 0) is 36.6 Å². The van der Waals surface area contributed by atoms with Crippen LogP contribution in [-0.4, -0.2) is 81.3 Å². The van der Waals surface area contributed by atoms with Gasteiger partial charge in [-0.05, 0) is 74.8 Å². The van der Waals surface area contributed by atoms with Gasteiger partial charge in [0.2, 0.25) is 0 Å². The van der Waals surface area contributed by atoms with Gasteiger partial charge in [0.15, 0.2) is 18.3 Å². The Labute approximate surface area is 233 Å². The first-order valence-corrected chi connectivity index (χ1v) is 16.8. The van der Waals surface area contributed by atoms with Crippen LogP contribution in [0.3, 0.4) is 0 Å². The maximum atomic E-state index is 13.8. The van der Waals surface area contributed by atoms with Crippen LogP contribution in [0.15, 0.2) is 46.2 Å². The summed E-state index contributed by atoms with van der Waals surface area (Å²) in [7, 11) is -7.20. The fraction of sp³-hybridized carbons (Fsp3) is 0.571. The molecule has 2 aromatic rings. The van der Waals surface area contributed by atoms with Gasteiger partial charge in [-0.1, -0.05) is 21.9 Å². The minimum atomic E-state index is -4.36. The van der Waals surface area contributed by atoms with E-state index >= 15 is 0 Å². The van der Waals surface area contributed by atoms with Gasteiger partial charge in [0, 0.05) is 25.3 Å². The Balaban J connectivity index is 1.31. The van der Waals surface area contributed by atoms with E-state index in [1.54, 1.807) is 0 Å². The second kappa shape index (κ2) is 8.20. The highest BCUT2D eigenvalue weighted by Gasteiger charge is 2.75. The molecule has 2 saturated carbocycles. The highest BCUT2D eigenvalue weighted by atomic mass is 32.3. The first-order valence-electron chi connectivity index (χ1n) is 13.9. The van der Waals surface area contributed by atoms with Crippen molar-refractivity contribution in [2.75, 3.05) is 27.0 Å². The Bertz CT molecular complexity index is 1590. The molecule has 0 amide bonds. The topological polar surface area (TPSA) is 123 Å². The summed E-state index contributed by atoms with van der Waals surface area (Å²) in [6, 6.07) is 8.39. The van der Waals surface area contributed by atoms with E-state index in [4.69, 9.17) is 14.2 Å². The lowest BCUT2D eigenvalue weighted by molar-refractivity contribution is -0.193. The van der Waals surface area contributed by atoms with Crippen molar-refractivity contribution in [3.8, 4) is 11.5 Å². The van der Waals surface area contributed by atoms with Gasteiger partial charge in [-0.3, -0.25) is 4.90 Å². The number of aliphatic hydroxyl groups is 1. The molecule has 3 heterocycles. The van der Waals surface area contributed by atoms with Crippen LogP contribution < -0.4 is 9.47 Å². The molecule has 1 spiro atoms. The SMILES string of the molecule is COCOc1ccc2c3c1O[C@H]1[C@H](N4S(=O)(=O)c5ccccc5S4(=O)=O)CC[C@@]4(O)[C@@H](C2)N(CC2CC2)CC[C@]314. The summed E-state index contributed by atoms with van der Waals surface area (Å²) in [5.41, 5.74) is -0.310. The summed E-state index contributed by atoms with van der Waals surface area (Å²) in [6.45, 7) is 1.64. The van der Waals surface area contributed by atoms with Gasteiger partial charge in [-0.15, -0.1) is 0 Å². The number of hydrogen-bond donors (Lipinski definition) is 1. The van der Waals surface area contributed by atoms with Crippen LogP contribution >= 0.6 is 0 Å². The highest BCUT2D eigenvalue weighted by Crippen LogP contribution is 2.66. The molecular weight excluding hydrogens is 556 g/mol. The smallest absolute Gasteiger partial charge is 0.258 e. The molecule has 8 rings (SSSR count). The van der Waals surface area contributed by atoms with Gasteiger partial charge >= 0.3 is 0 Å². The normalized spacial score (nSPS) is 36.5. The summed E-state index contributed by atoms with van der Waals surface area (Å²) >= 11 is 0.